The molecule has 0 bridgehead atoms. The van der Waals surface area contributed by atoms with E-state index in [1.807, 2.05) is 24.3 Å². The maximum atomic E-state index is 12.8. The quantitative estimate of drug-likeness (QED) is 0.613. The molecule has 7 nitrogen and oxygen atoms in total. The Bertz CT molecular complexity index is 845. The molecule has 2 aliphatic rings. The fourth-order valence-electron chi connectivity index (χ4n) is 4.90. The molecule has 1 amide bonds. The first-order valence-corrected chi connectivity index (χ1v) is 12.2. The van der Waals surface area contributed by atoms with E-state index in [0.29, 0.717) is 24.6 Å². The standard InChI is InChI=1S/C25H36N4O3/c1-31-22-13-11-21(12-14-22)25-26-23(32-27-25)9-5-10-24(30)29-16-6-15-28(17-18-29)19-20-7-3-2-4-8-20/h11-14,20H,2-10,15-19H2,1H3. The lowest BCUT2D eigenvalue weighted by molar-refractivity contribution is -0.131. The molecule has 0 spiro atoms. The minimum absolute atomic E-state index is 0.249. The number of nitrogens with zero attached hydrogens (tertiary/aromatic N) is 4. The Morgan fingerprint density at radius 3 is 2.66 bits per heavy atom. The maximum absolute atomic E-state index is 12.8. The smallest absolute Gasteiger partial charge is 0.226 e. The zero-order valence-electron chi connectivity index (χ0n) is 19.3. The Morgan fingerprint density at radius 2 is 1.88 bits per heavy atom. The number of amides is 1. The lowest BCUT2D eigenvalue weighted by Crippen LogP contribution is -2.36. The van der Waals surface area contributed by atoms with Gasteiger partial charge >= 0.3 is 0 Å². The van der Waals surface area contributed by atoms with Gasteiger partial charge in [-0.05, 0) is 62.4 Å². The Labute approximate surface area is 191 Å². The van der Waals surface area contributed by atoms with E-state index in [9.17, 15) is 4.79 Å². The Balaban J connectivity index is 1.19. The lowest BCUT2D eigenvalue weighted by atomic mass is 9.89. The largest absolute Gasteiger partial charge is 0.497 e. The molecular weight excluding hydrogens is 404 g/mol. The van der Waals surface area contributed by atoms with Gasteiger partial charge in [-0.15, -0.1) is 0 Å². The molecule has 1 saturated carbocycles. The third-order valence-corrected chi connectivity index (χ3v) is 6.78. The van der Waals surface area contributed by atoms with Gasteiger partial charge in [0.15, 0.2) is 0 Å². The third-order valence-electron chi connectivity index (χ3n) is 6.78. The average molecular weight is 441 g/mol. The van der Waals surface area contributed by atoms with Gasteiger partial charge < -0.3 is 19.1 Å². The highest BCUT2D eigenvalue weighted by Gasteiger charge is 2.22. The van der Waals surface area contributed by atoms with E-state index in [4.69, 9.17) is 9.26 Å². The second-order valence-corrected chi connectivity index (χ2v) is 9.13. The van der Waals surface area contributed by atoms with Crippen molar-refractivity contribution >= 4 is 5.91 Å². The van der Waals surface area contributed by atoms with Crippen molar-refractivity contribution < 1.29 is 14.1 Å². The first-order valence-electron chi connectivity index (χ1n) is 12.2. The van der Waals surface area contributed by atoms with E-state index in [0.717, 1.165) is 56.3 Å². The zero-order valence-corrected chi connectivity index (χ0v) is 19.3. The predicted octanol–water partition coefficient (Wildman–Crippen LogP) is 4.18. The molecule has 32 heavy (non-hydrogen) atoms. The molecule has 0 radical (unpaired) electrons. The zero-order chi connectivity index (χ0) is 22.2. The minimum atomic E-state index is 0.249. The maximum Gasteiger partial charge on any atom is 0.226 e. The molecule has 0 N–H and O–H groups in total. The van der Waals surface area contributed by atoms with E-state index in [-0.39, 0.29) is 5.91 Å². The van der Waals surface area contributed by atoms with E-state index in [1.54, 1.807) is 7.11 Å². The number of rotatable bonds is 8. The fourth-order valence-corrected chi connectivity index (χ4v) is 4.90. The van der Waals surface area contributed by atoms with Crippen LogP contribution in [0.15, 0.2) is 28.8 Å². The highest BCUT2D eigenvalue weighted by molar-refractivity contribution is 5.76. The van der Waals surface area contributed by atoms with Crippen LogP contribution in [0.3, 0.4) is 0 Å². The summed E-state index contributed by atoms with van der Waals surface area (Å²) in [4.78, 5) is 21.9. The van der Waals surface area contributed by atoms with Crippen molar-refractivity contribution in [1.82, 2.24) is 19.9 Å². The van der Waals surface area contributed by atoms with E-state index in [1.165, 1.54) is 38.6 Å². The first kappa shape index (κ1) is 22.8. The highest BCUT2D eigenvalue weighted by atomic mass is 16.5. The van der Waals surface area contributed by atoms with Crippen LogP contribution in [0.5, 0.6) is 5.75 Å². The fraction of sp³-hybridized carbons (Fsp3) is 0.640. The number of hydrogen-bond donors (Lipinski definition) is 0. The molecule has 4 rings (SSSR count). The second-order valence-electron chi connectivity index (χ2n) is 9.13. The molecular formula is C25H36N4O3. The van der Waals surface area contributed by atoms with Crippen LogP contribution in [0.4, 0.5) is 0 Å². The summed E-state index contributed by atoms with van der Waals surface area (Å²) in [5, 5.41) is 4.07. The molecule has 1 saturated heterocycles. The molecule has 1 aliphatic heterocycles. The van der Waals surface area contributed by atoms with Gasteiger partial charge in [0.05, 0.1) is 7.11 Å². The Morgan fingerprint density at radius 1 is 1.06 bits per heavy atom. The summed E-state index contributed by atoms with van der Waals surface area (Å²) in [5.41, 5.74) is 0.888. The molecule has 0 atom stereocenters. The number of aryl methyl sites for hydroxylation is 1. The number of hydrogen-bond acceptors (Lipinski definition) is 6. The number of benzene rings is 1. The highest BCUT2D eigenvalue weighted by Crippen LogP contribution is 2.25. The Hall–Kier alpha value is -2.41. The molecule has 1 aromatic carbocycles. The van der Waals surface area contributed by atoms with Crippen molar-refractivity contribution in [3.8, 4) is 17.1 Å². The van der Waals surface area contributed by atoms with Crippen molar-refractivity contribution in [2.75, 3.05) is 39.8 Å². The first-order chi connectivity index (χ1) is 15.7. The summed E-state index contributed by atoms with van der Waals surface area (Å²) < 4.78 is 10.6. The molecule has 2 aromatic rings. The summed E-state index contributed by atoms with van der Waals surface area (Å²) in [7, 11) is 1.64. The third kappa shape index (κ3) is 6.31. The van der Waals surface area contributed by atoms with Crippen LogP contribution in [0.1, 0.15) is 57.3 Å². The number of carbonyl (C=O) groups is 1. The van der Waals surface area contributed by atoms with Gasteiger partial charge in [0.2, 0.25) is 17.6 Å². The molecule has 1 aliphatic carbocycles. The van der Waals surface area contributed by atoms with Crippen LogP contribution < -0.4 is 4.74 Å². The van der Waals surface area contributed by atoms with E-state index in [2.05, 4.69) is 19.9 Å². The van der Waals surface area contributed by atoms with Gasteiger partial charge in [-0.2, -0.15) is 4.98 Å². The van der Waals surface area contributed by atoms with Gasteiger partial charge in [0, 0.05) is 44.6 Å². The number of methoxy groups -OCH3 is 1. The molecule has 0 unspecified atom stereocenters. The molecule has 2 heterocycles. The van der Waals surface area contributed by atoms with Crippen LogP contribution in [0.25, 0.3) is 11.4 Å². The van der Waals surface area contributed by atoms with Gasteiger partial charge in [-0.1, -0.05) is 24.4 Å². The number of aromatic nitrogens is 2. The molecule has 7 heteroatoms. The summed E-state index contributed by atoms with van der Waals surface area (Å²) in [6.45, 7) is 5.08. The van der Waals surface area contributed by atoms with Gasteiger partial charge in [0.1, 0.15) is 5.75 Å². The monoisotopic (exact) mass is 440 g/mol. The normalized spacial score (nSPS) is 18.5. The van der Waals surface area contributed by atoms with Gasteiger partial charge in [0.25, 0.3) is 0 Å². The minimum Gasteiger partial charge on any atom is -0.497 e. The molecule has 1 aromatic heterocycles. The van der Waals surface area contributed by atoms with Crippen molar-refractivity contribution in [2.24, 2.45) is 5.92 Å². The van der Waals surface area contributed by atoms with Crippen LogP contribution >= 0.6 is 0 Å². The lowest BCUT2D eigenvalue weighted by Gasteiger charge is -2.28. The number of ether oxygens (including phenoxy) is 1. The molecule has 174 valence electrons. The predicted molar refractivity (Wildman–Crippen MR) is 123 cm³/mol. The topological polar surface area (TPSA) is 71.7 Å². The van der Waals surface area contributed by atoms with Gasteiger partial charge in [-0.3, -0.25) is 4.79 Å². The van der Waals surface area contributed by atoms with Gasteiger partial charge in [-0.25, -0.2) is 0 Å². The number of carbonyl (C=O) groups excluding carboxylic acids is 1. The Kier molecular flexibility index (Phi) is 8.15. The SMILES string of the molecule is COc1ccc(-c2noc(CCCC(=O)N3CCCN(CC4CCCCC4)CC3)n2)cc1. The summed E-state index contributed by atoms with van der Waals surface area (Å²) in [6.07, 6.45) is 9.92. The average Bonchev–Trinajstić information content (AvgIpc) is 3.18. The van der Waals surface area contributed by atoms with Crippen molar-refractivity contribution in [3.63, 3.8) is 0 Å². The summed E-state index contributed by atoms with van der Waals surface area (Å²) in [5.74, 6) is 3.06. The van der Waals surface area contributed by atoms with Crippen LogP contribution in [-0.4, -0.2) is 65.7 Å². The summed E-state index contributed by atoms with van der Waals surface area (Å²) >= 11 is 0. The van der Waals surface area contributed by atoms with Crippen molar-refractivity contribution in [3.05, 3.63) is 30.2 Å². The van der Waals surface area contributed by atoms with Crippen LogP contribution in [0, 0.1) is 5.92 Å². The van der Waals surface area contributed by atoms with Crippen molar-refractivity contribution in [1.29, 1.82) is 0 Å². The van der Waals surface area contributed by atoms with Crippen molar-refractivity contribution in [2.45, 2.75) is 57.8 Å². The molecule has 2 fully saturated rings. The summed E-state index contributed by atoms with van der Waals surface area (Å²) in [6, 6.07) is 7.57. The van der Waals surface area contributed by atoms with Crippen LogP contribution in [0.2, 0.25) is 0 Å². The van der Waals surface area contributed by atoms with Crippen LogP contribution in [-0.2, 0) is 11.2 Å². The van der Waals surface area contributed by atoms with E-state index >= 15 is 0 Å². The second kappa shape index (κ2) is 11.5. The van der Waals surface area contributed by atoms with E-state index < -0.39 is 0 Å².